The summed E-state index contributed by atoms with van der Waals surface area (Å²) < 4.78 is 5.77. The minimum Gasteiger partial charge on any atom is -0.463 e. The van der Waals surface area contributed by atoms with Gasteiger partial charge in [-0.05, 0) is 49.7 Å². The Morgan fingerprint density at radius 3 is 2.10 bits per heavy atom. The van der Waals surface area contributed by atoms with Crippen molar-refractivity contribution < 1.29 is 24.2 Å². The Labute approximate surface area is 231 Å². The van der Waals surface area contributed by atoms with Gasteiger partial charge in [0.05, 0.1) is 30.0 Å². The quantitative estimate of drug-likeness (QED) is 0.353. The van der Waals surface area contributed by atoms with E-state index in [0.29, 0.717) is 25.7 Å². The van der Waals surface area contributed by atoms with Gasteiger partial charge in [0, 0.05) is 6.42 Å². The Hall–Kier alpha value is -3.45. The third-order valence-corrected chi connectivity index (χ3v) is 7.83. The summed E-state index contributed by atoms with van der Waals surface area (Å²) in [5.74, 6) is -1.65. The van der Waals surface area contributed by atoms with Gasteiger partial charge >= 0.3 is 5.97 Å². The van der Waals surface area contributed by atoms with Gasteiger partial charge in [-0.2, -0.15) is 0 Å². The van der Waals surface area contributed by atoms with Gasteiger partial charge < -0.3 is 20.5 Å². The second-order valence-electron chi connectivity index (χ2n) is 10.9. The van der Waals surface area contributed by atoms with Crippen molar-refractivity contribution in [1.29, 1.82) is 0 Å². The predicted octanol–water partition coefficient (Wildman–Crippen LogP) is 3.89. The molecule has 2 aromatic carbocycles. The van der Waals surface area contributed by atoms with Gasteiger partial charge in [0.1, 0.15) is 6.61 Å². The van der Waals surface area contributed by atoms with Crippen LogP contribution in [-0.4, -0.2) is 47.7 Å². The summed E-state index contributed by atoms with van der Waals surface area (Å²) in [5, 5.41) is 16.0. The highest BCUT2D eigenvalue weighted by Crippen LogP contribution is 2.29. The zero-order valence-corrected chi connectivity index (χ0v) is 22.5. The molecule has 2 aliphatic rings. The van der Waals surface area contributed by atoms with Crippen LogP contribution in [0.2, 0.25) is 0 Å². The lowest BCUT2D eigenvalue weighted by Gasteiger charge is -2.29. The number of ether oxygens (including phenoxy) is 1. The fourth-order valence-electron chi connectivity index (χ4n) is 5.58. The van der Waals surface area contributed by atoms with Crippen molar-refractivity contribution in [2.24, 2.45) is 11.8 Å². The van der Waals surface area contributed by atoms with Crippen molar-refractivity contribution in [3.8, 4) is 0 Å². The molecule has 3 N–H and O–H groups in total. The highest BCUT2D eigenvalue weighted by molar-refractivity contribution is 5.86. The van der Waals surface area contributed by atoms with E-state index in [-0.39, 0.29) is 43.3 Å². The van der Waals surface area contributed by atoms with Crippen LogP contribution in [0.15, 0.2) is 72.8 Å². The van der Waals surface area contributed by atoms with Gasteiger partial charge in [0.15, 0.2) is 0 Å². The van der Waals surface area contributed by atoms with Crippen LogP contribution in [0.25, 0.3) is 0 Å². The maximum Gasteiger partial charge on any atom is 0.309 e. The number of carbonyl (C=O) groups excluding carboxylic acids is 3. The number of benzene rings is 2. The van der Waals surface area contributed by atoms with Crippen LogP contribution in [0.4, 0.5) is 0 Å². The Kier molecular flexibility index (Phi) is 10.3. The van der Waals surface area contributed by atoms with Crippen LogP contribution in [0, 0.1) is 11.8 Å². The molecule has 0 bridgehead atoms. The number of cyclic esters (lactones) is 1. The molecule has 208 valence electrons. The Morgan fingerprint density at radius 2 is 1.49 bits per heavy atom. The second kappa shape index (κ2) is 14.1. The molecule has 1 fully saturated rings. The summed E-state index contributed by atoms with van der Waals surface area (Å²) >= 11 is 0. The van der Waals surface area contributed by atoms with Gasteiger partial charge in [0.25, 0.3) is 0 Å². The number of nitrogens with one attached hydrogen (secondary N) is 2. The molecule has 0 unspecified atom stereocenters. The van der Waals surface area contributed by atoms with Crippen molar-refractivity contribution in [2.45, 2.75) is 69.4 Å². The fraction of sp³-hybridized carbons (Fsp3) is 0.469. The molecular formula is C32H40N2O5. The van der Waals surface area contributed by atoms with E-state index >= 15 is 0 Å². The lowest BCUT2D eigenvalue weighted by molar-refractivity contribution is -0.150. The first-order chi connectivity index (χ1) is 19.0. The maximum atomic E-state index is 13.4. The standard InChI is InChI=1S/C32H40N2O5/c35-23-32(17-9-10-18-32)34-29(36)21-26-15-7-8-16-27(19-24-11-3-1-4-12-24)31(38)39-22-28(33-30(26)37)20-25-13-5-2-6-14-25/h1-8,11-14,26-28,35H,9-10,15-23H2,(H,33,37)(H,34,36)/t26-,27-,28+/m1/s1. The third kappa shape index (κ3) is 8.52. The second-order valence-corrected chi connectivity index (χ2v) is 10.9. The van der Waals surface area contributed by atoms with E-state index in [1.807, 2.05) is 72.8 Å². The van der Waals surface area contributed by atoms with Crippen molar-refractivity contribution in [3.63, 3.8) is 0 Å². The predicted molar refractivity (Wildman–Crippen MR) is 150 cm³/mol. The van der Waals surface area contributed by atoms with Crippen LogP contribution in [0.5, 0.6) is 0 Å². The highest BCUT2D eigenvalue weighted by Gasteiger charge is 2.35. The summed E-state index contributed by atoms with van der Waals surface area (Å²) in [5.41, 5.74) is 1.50. The molecule has 0 spiro atoms. The number of rotatable bonds is 8. The summed E-state index contributed by atoms with van der Waals surface area (Å²) in [7, 11) is 0. The van der Waals surface area contributed by atoms with Gasteiger partial charge in [0.2, 0.25) is 11.8 Å². The molecule has 3 atom stereocenters. The Morgan fingerprint density at radius 1 is 0.897 bits per heavy atom. The molecule has 0 radical (unpaired) electrons. The Bertz CT molecular complexity index is 1110. The van der Waals surface area contributed by atoms with Gasteiger partial charge in [-0.25, -0.2) is 0 Å². The molecule has 7 nitrogen and oxygen atoms in total. The number of aliphatic hydroxyl groups is 1. The zero-order chi connectivity index (χ0) is 27.5. The SMILES string of the molecule is O=C(C[C@H]1CC=CC[C@H](Cc2ccccc2)C(=O)OC[C@H](Cc2ccccc2)NC1=O)NC1(CO)CCCC1. The van der Waals surface area contributed by atoms with Crippen molar-refractivity contribution >= 4 is 17.8 Å². The summed E-state index contributed by atoms with van der Waals surface area (Å²) in [6.07, 6.45) is 9.23. The van der Waals surface area contributed by atoms with Gasteiger partial charge in [-0.15, -0.1) is 0 Å². The molecule has 7 heteroatoms. The van der Waals surface area contributed by atoms with E-state index in [9.17, 15) is 19.5 Å². The summed E-state index contributed by atoms with van der Waals surface area (Å²) in [4.78, 5) is 39.6. The number of hydrogen-bond acceptors (Lipinski definition) is 5. The zero-order valence-electron chi connectivity index (χ0n) is 22.5. The largest absolute Gasteiger partial charge is 0.463 e. The van der Waals surface area contributed by atoms with Crippen molar-refractivity contribution in [2.75, 3.05) is 13.2 Å². The van der Waals surface area contributed by atoms with E-state index in [1.54, 1.807) is 0 Å². The van der Waals surface area contributed by atoms with Crippen LogP contribution < -0.4 is 10.6 Å². The molecule has 0 aromatic heterocycles. The molecule has 0 saturated heterocycles. The molecule has 4 rings (SSSR count). The van der Waals surface area contributed by atoms with Gasteiger partial charge in [-0.1, -0.05) is 85.7 Å². The molecule has 1 aliphatic carbocycles. The molecule has 1 saturated carbocycles. The lowest BCUT2D eigenvalue weighted by atomic mass is 9.93. The molecule has 2 aromatic rings. The third-order valence-electron chi connectivity index (χ3n) is 7.83. The number of aliphatic hydroxyl groups excluding tert-OH is 1. The first-order valence-corrected chi connectivity index (χ1v) is 14.1. The summed E-state index contributed by atoms with van der Waals surface area (Å²) in [6.45, 7) is -0.0379. The average Bonchev–Trinajstić information content (AvgIpc) is 3.41. The molecule has 39 heavy (non-hydrogen) atoms. The molecule has 1 aliphatic heterocycles. The summed E-state index contributed by atoms with van der Waals surface area (Å²) in [6, 6.07) is 19.2. The average molecular weight is 533 g/mol. The number of amides is 2. The van der Waals surface area contributed by atoms with E-state index in [4.69, 9.17) is 4.74 Å². The van der Waals surface area contributed by atoms with E-state index < -0.39 is 17.5 Å². The number of carbonyl (C=O) groups is 3. The van der Waals surface area contributed by atoms with Crippen LogP contribution in [0.1, 0.15) is 56.1 Å². The lowest BCUT2D eigenvalue weighted by Crippen LogP contribution is -2.50. The molecule has 1 heterocycles. The monoisotopic (exact) mass is 532 g/mol. The van der Waals surface area contributed by atoms with Crippen molar-refractivity contribution in [3.05, 3.63) is 83.9 Å². The van der Waals surface area contributed by atoms with Crippen molar-refractivity contribution in [1.82, 2.24) is 10.6 Å². The molecule has 2 amide bonds. The van der Waals surface area contributed by atoms with Crippen LogP contribution in [-0.2, 0) is 32.0 Å². The van der Waals surface area contributed by atoms with Crippen LogP contribution in [0.3, 0.4) is 0 Å². The first kappa shape index (κ1) is 28.6. The minimum atomic E-state index is -0.580. The first-order valence-electron chi connectivity index (χ1n) is 14.1. The fourth-order valence-corrected chi connectivity index (χ4v) is 5.58. The smallest absolute Gasteiger partial charge is 0.309 e. The number of esters is 1. The minimum absolute atomic E-state index is 0.0310. The number of hydrogen-bond donors (Lipinski definition) is 3. The molecular weight excluding hydrogens is 492 g/mol. The van der Waals surface area contributed by atoms with E-state index in [0.717, 1.165) is 36.8 Å². The van der Waals surface area contributed by atoms with E-state index in [2.05, 4.69) is 10.6 Å². The maximum absolute atomic E-state index is 13.4. The van der Waals surface area contributed by atoms with Gasteiger partial charge in [-0.3, -0.25) is 14.4 Å². The number of allylic oxidation sites excluding steroid dienone is 2. The highest BCUT2D eigenvalue weighted by atomic mass is 16.5. The normalized spacial score (nSPS) is 23.7. The Balaban J connectivity index is 1.50. The van der Waals surface area contributed by atoms with E-state index in [1.165, 1.54) is 0 Å². The topological polar surface area (TPSA) is 105 Å². The van der Waals surface area contributed by atoms with Crippen LogP contribution >= 0.6 is 0 Å².